The molecule has 1 amide bonds. The van der Waals surface area contributed by atoms with E-state index in [0.29, 0.717) is 19.3 Å². The van der Waals surface area contributed by atoms with Gasteiger partial charge in [0.05, 0.1) is 13.2 Å². The van der Waals surface area contributed by atoms with Gasteiger partial charge in [-0.15, -0.1) is 0 Å². The Kier molecular flexibility index (Phi) is 4.03. The predicted molar refractivity (Wildman–Crippen MR) is 75.3 cm³/mol. The van der Waals surface area contributed by atoms with E-state index in [-0.39, 0.29) is 12.5 Å². The number of nitrogens with zero attached hydrogens (tertiary/aromatic N) is 1. The number of carbonyl (C=O) groups is 1. The van der Waals surface area contributed by atoms with Crippen LogP contribution in [0.25, 0.3) is 0 Å². The summed E-state index contributed by atoms with van der Waals surface area (Å²) in [6.45, 7) is 2.31. The van der Waals surface area contributed by atoms with Crippen LogP contribution in [0, 0.1) is 0 Å². The van der Waals surface area contributed by atoms with Crippen molar-refractivity contribution in [3.05, 3.63) is 34.9 Å². The molecule has 1 fully saturated rings. The summed E-state index contributed by atoms with van der Waals surface area (Å²) in [5.74, 6) is 0.125. The normalized spacial score (nSPS) is 21.2. The van der Waals surface area contributed by atoms with Crippen LogP contribution in [0.1, 0.15) is 47.2 Å². The summed E-state index contributed by atoms with van der Waals surface area (Å²) in [7, 11) is 0. The number of benzene rings is 1. The molecule has 4 heteroatoms. The van der Waals surface area contributed by atoms with E-state index in [4.69, 9.17) is 9.84 Å². The second-order valence-electron chi connectivity index (χ2n) is 5.64. The highest BCUT2D eigenvalue weighted by molar-refractivity contribution is 5.95. The highest BCUT2D eigenvalue weighted by atomic mass is 16.5. The molecule has 1 atom stereocenters. The van der Waals surface area contributed by atoms with E-state index in [2.05, 4.69) is 0 Å². The number of fused-ring (bicyclic) bond motifs is 1. The van der Waals surface area contributed by atoms with Gasteiger partial charge in [0.1, 0.15) is 0 Å². The van der Waals surface area contributed by atoms with Gasteiger partial charge >= 0.3 is 0 Å². The van der Waals surface area contributed by atoms with Gasteiger partial charge in [-0.25, -0.2) is 0 Å². The number of carbonyl (C=O) groups excluding carboxylic acids is 1. The first-order chi connectivity index (χ1) is 9.79. The Hall–Kier alpha value is -1.39. The minimum Gasteiger partial charge on any atom is -0.396 e. The van der Waals surface area contributed by atoms with Crippen molar-refractivity contribution in [3.8, 4) is 0 Å². The first-order valence-corrected chi connectivity index (χ1v) is 7.41. The lowest BCUT2D eigenvalue weighted by atomic mass is 10.0. The molecule has 2 aliphatic rings. The van der Waals surface area contributed by atoms with Gasteiger partial charge in [-0.3, -0.25) is 4.79 Å². The fraction of sp³-hybridized carbons (Fsp3) is 0.562. The molecule has 2 aliphatic heterocycles. The fourth-order valence-electron chi connectivity index (χ4n) is 3.20. The molecule has 20 heavy (non-hydrogen) atoms. The van der Waals surface area contributed by atoms with Crippen LogP contribution in [0.3, 0.4) is 0 Å². The summed E-state index contributed by atoms with van der Waals surface area (Å²) in [4.78, 5) is 14.6. The highest BCUT2D eigenvalue weighted by Crippen LogP contribution is 2.26. The molecule has 0 aromatic heterocycles. The Bertz CT molecular complexity index is 500. The Morgan fingerprint density at radius 1 is 1.35 bits per heavy atom. The summed E-state index contributed by atoms with van der Waals surface area (Å²) in [5.41, 5.74) is 3.10. The minimum absolute atomic E-state index is 0.125. The number of aliphatic hydroxyl groups excluding tert-OH is 1. The van der Waals surface area contributed by atoms with Crippen molar-refractivity contribution in [3.63, 3.8) is 0 Å². The molecule has 0 aliphatic carbocycles. The van der Waals surface area contributed by atoms with Crippen molar-refractivity contribution < 1.29 is 14.6 Å². The lowest BCUT2D eigenvalue weighted by Gasteiger charge is -2.25. The largest absolute Gasteiger partial charge is 0.396 e. The van der Waals surface area contributed by atoms with E-state index in [1.807, 2.05) is 23.1 Å². The molecule has 4 nitrogen and oxygen atoms in total. The lowest BCUT2D eigenvalue weighted by Crippen LogP contribution is -2.35. The molecule has 3 rings (SSSR count). The molecule has 0 saturated carbocycles. The SMILES string of the molecule is O=C(c1ccc2c(c1)COC2)N1CCCC1CCCO. The standard InChI is InChI=1S/C16H21NO3/c18-8-2-4-15-3-1-7-17(15)16(19)12-5-6-13-10-20-11-14(13)9-12/h5-6,9,15,18H,1-4,7-8,10-11H2. The molecule has 1 aromatic rings. The topological polar surface area (TPSA) is 49.8 Å². The number of likely N-dealkylation sites (tertiary alicyclic amines) is 1. The predicted octanol–water partition coefficient (Wildman–Crippen LogP) is 2.09. The number of aliphatic hydroxyl groups is 1. The molecular weight excluding hydrogens is 254 g/mol. The minimum atomic E-state index is 0.125. The van der Waals surface area contributed by atoms with Gasteiger partial charge in [-0.1, -0.05) is 6.07 Å². The van der Waals surface area contributed by atoms with Gasteiger partial charge in [0, 0.05) is 24.8 Å². The second-order valence-corrected chi connectivity index (χ2v) is 5.64. The fourth-order valence-corrected chi connectivity index (χ4v) is 3.20. The smallest absolute Gasteiger partial charge is 0.254 e. The zero-order valence-corrected chi connectivity index (χ0v) is 11.7. The summed E-state index contributed by atoms with van der Waals surface area (Å²) in [6.07, 6.45) is 3.79. The van der Waals surface area contributed by atoms with Crippen LogP contribution in [0.4, 0.5) is 0 Å². The maximum atomic E-state index is 12.6. The number of hydrogen-bond donors (Lipinski definition) is 1. The van der Waals surface area contributed by atoms with Crippen LogP contribution in [-0.4, -0.2) is 35.1 Å². The Labute approximate surface area is 119 Å². The Morgan fingerprint density at radius 2 is 2.20 bits per heavy atom. The van der Waals surface area contributed by atoms with Crippen molar-refractivity contribution >= 4 is 5.91 Å². The third-order valence-corrected chi connectivity index (χ3v) is 4.30. The van der Waals surface area contributed by atoms with E-state index in [9.17, 15) is 4.79 Å². The average Bonchev–Trinajstić information content (AvgIpc) is 3.12. The molecule has 0 bridgehead atoms. The van der Waals surface area contributed by atoms with E-state index in [0.717, 1.165) is 43.4 Å². The summed E-state index contributed by atoms with van der Waals surface area (Å²) < 4.78 is 5.40. The van der Waals surface area contributed by atoms with Gasteiger partial charge in [0.25, 0.3) is 5.91 Å². The molecule has 108 valence electrons. The Morgan fingerprint density at radius 3 is 3.05 bits per heavy atom. The van der Waals surface area contributed by atoms with E-state index >= 15 is 0 Å². The molecular formula is C16H21NO3. The van der Waals surface area contributed by atoms with Crippen LogP contribution in [-0.2, 0) is 18.0 Å². The van der Waals surface area contributed by atoms with Crippen LogP contribution in [0.2, 0.25) is 0 Å². The molecule has 0 radical (unpaired) electrons. The van der Waals surface area contributed by atoms with Crippen molar-refractivity contribution in [2.45, 2.75) is 44.9 Å². The number of ether oxygens (including phenoxy) is 1. The van der Waals surface area contributed by atoms with Gasteiger partial charge in [-0.2, -0.15) is 0 Å². The van der Waals surface area contributed by atoms with E-state index in [1.165, 1.54) is 5.56 Å². The molecule has 2 heterocycles. The van der Waals surface area contributed by atoms with Gasteiger partial charge in [0.15, 0.2) is 0 Å². The van der Waals surface area contributed by atoms with Crippen LogP contribution < -0.4 is 0 Å². The second kappa shape index (κ2) is 5.94. The van der Waals surface area contributed by atoms with Crippen molar-refractivity contribution in [1.82, 2.24) is 4.90 Å². The number of amides is 1. The third kappa shape index (κ3) is 2.58. The summed E-state index contributed by atoms with van der Waals surface area (Å²) in [5, 5.41) is 8.96. The van der Waals surface area contributed by atoms with Crippen molar-refractivity contribution in [1.29, 1.82) is 0 Å². The molecule has 1 saturated heterocycles. The molecule has 1 aromatic carbocycles. The summed E-state index contributed by atoms with van der Waals surface area (Å²) >= 11 is 0. The number of rotatable bonds is 4. The van der Waals surface area contributed by atoms with Crippen molar-refractivity contribution in [2.24, 2.45) is 0 Å². The zero-order valence-electron chi connectivity index (χ0n) is 11.7. The van der Waals surface area contributed by atoms with Crippen molar-refractivity contribution in [2.75, 3.05) is 13.2 Å². The average molecular weight is 275 g/mol. The first kappa shape index (κ1) is 13.6. The van der Waals surface area contributed by atoms with Crippen LogP contribution in [0.15, 0.2) is 18.2 Å². The van der Waals surface area contributed by atoms with E-state index in [1.54, 1.807) is 0 Å². The van der Waals surface area contributed by atoms with Gasteiger partial charge in [-0.05, 0) is 48.9 Å². The maximum Gasteiger partial charge on any atom is 0.254 e. The molecule has 0 spiro atoms. The van der Waals surface area contributed by atoms with Crippen LogP contribution in [0.5, 0.6) is 0 Å². The summed E-state index contributed by atoms with van der Waals surface area (Å²) in [6, 6.07) is 6.19. The highest BCUT2D eigenvalue weighted by Gasteiger charge is 2.29. The molecule has 1 unspecified atom stereocenters. The number of hydrogen-bond acceptors (Lipinski definition) is 3. The van der Waals surface area contributed by atoms with Gasteiger partial charge in [0.2, 0.25) is 0 Å². The molecule has 1 N–H and O–H groups in total. The zero-order chi connectivity index (χ0) is 13.9. The first-order valence-electron chi connectivity index (χ1n) is 7.41. The van der Waals surface area contributed by atoms with Gasteiger partial charge < -0.3 is 14.7 Å². The van der Waals surface area contributed by atoms with E-state index < -0.39 is 0 Å². The maximum absolute atomic E-state index is 12.6. The monoisotopic (exact) mass is 275 g/mol. The lowest BCUT2D eigenvalue weighted by molar-refractivity contribution is 0.0724. The Balaban J connectivity index is 1.74. The quantitative estimate of drug-likeness (QED) is 0.915. The van der Waals surface area contributed by atoms with Crippen LogP contribution >= 0.6 is 0 Å². The third-order valence-electron chi connectivity index (χ3n) is 4.30.